The Bertz CT molecular complexity index is 524. The Morgan fingerprint density at radius 1 is 1.13 bits per heavy atom. The summed E-state index contributed by atoms with van der Waals surface area (Å²) in [5, 5.41) is 2.38. The molecule has 0 aromatic heterocycles. The van der Waals surface area contributed by atoms with Crippen molar-refractivity contribution < 1.29 is 0 Å². The van der Waals surface area contributed by atoms with Gasteiger partial charge in [0.25, 0.3) is 0 Å². The van der Waals surface area contributed by atoms with Crippen molar-refractivity contribution in [2.45, 2.75) is 0 Å². The highest BCUT2D eigenvalue weighted by molar-refractivity contribution is 5.93. The van der Waals surface area contributed by atoms with E-state index in [0.717, 1.165) is 11.3 Å². The van der Waals surface area contributed by atoms with Gasteiger partial charge in [-0.3, -0.25) is 0 Å². The molecule has 15 heavy (non-hydrogen) atoms. The standard InChI is InChI=1S/C14H13N/c1-2-3-6-11-9-13(15)10-12-7-4-5-8-14(11)12/h2-10H,1,15H2/b6-3-. The minimum absolute atomic E-state index is 0.789. The van der Waals surface area contributed by atoms with Crippen LogP contribution in [0.1, 0.15) is 5.56 Å². The lowest BCUT2D eigenvalue weighted by atomic mass is 10.0. The molecule has 0 radical (unpaired) electrons. The average molecular weight is 195 g/mol. The van der Waals surface area contributed by atoms with Gasteiger partial charge in [0.1, 0.15) is 0 Å². The predicted molar refractivity (Wildman–Crippen MR) is 67.6 cm³/mol. The highest BCUT2D eigenvalue weighted by atomic mass is 14.5. The topological polar surface area (TPSA) is 26.0 Å². The molecule has 0 saturated carbocycles. The zero-order chi connectivity index (χ0) is 10.7. The molecule has 2 aromatic carbocycles. The number of hydrogen-bond donors (Lipinski definition) is 1. The lowest BCUT2D eigenvalue weighted by Crippen LogP contribution is -1.87. The summed E-state index contributed by atoms with van der Waals surface area (Å²) in [6.07, 6.45) is 5.70. The van der Waals surface area contributed by atoms with Crippen LogP contribution in [0, 0.1) is 0 Å². The Morgan fingerprint density at radius 2 is 1.93 bits per heavy atom. The Kier molecular flexibility index (Phi) is 2.55. The van der Waals surface area contributed by atoms with Crippen LogP contribution in [0.4, 0.5) is 5.69 Å². The van der Waals surface area contributed by atoms with Gasteiger partial charge >= 0.3 is 0 Å². The van der Waals surface area contributed by atoms with Crippen molar-refractivity contribution in [1.82, 2.24) is 0 Å². The van der Waals surface area contributed by atoms with E-state index in [1.165, 1.54) is 10.8 Å². The van der Waals surface area contributed by atoms with Gasteiger partial charge in [-0.1, -0.05) is 49.1 Å². The normalized spacial score (nSPS) is 10.9. The summed E-state index contributed by atoms with van der Waals surface area (Å²) in [5.74, 6) is 0. The summed E-state index contributed by atoms with van der Waals surface area (Å²) in [4.78, 5) is 0. The predicted octanol–water partition coefficient (Wildman–Crippen LogP) is 3.62. The first-order valence-corrected chi connectivity index (χ1v) is 4.88. The maximum atomic E-state index is 5.84. The first-order valence-electron chi connectivity index (χ1n) is 4.88. The molecule has 2 aromatic rings. The summed E-state index contributed by atoms with van der Waals surface area (Å²) in [7, 11) is 0. The monoisotopic (exact) mass is 195 g/mol. The van der Waals surface area contributed by atoms with E-state index in [2.05, 4.69) is 18.7 Å². The van der Waals surface area contributed by atoms with Crippen LogP contribution < -0.4 is 5.73 Å². The summed E-state index contributed by atoms with van der Waals surface area (Å²) in [6.45, 7) is 3.66. The molecule has 0 aliphatic carbocycles. The third kappa shape index (κ3) is 1.91. The van der Waals surface area contributed by atoms with E-state index in [0.29, 0.717) is 0 Å². The average Bonchev–Trinajstić information content (AvgIpc) is 2.25. The fourth-order valence-electron chi connectivity index (χ4n) is 1.67. The quantitative estimate of drug-likeness (QED) is 0.574. The van der Waals surface area contributed by atoms with Gasteiger partial charge in [-0.25, -0.2) is 0 Å². The van der Waals surface area contributed by atoms with Crippen LogP contribution in [0.3, 0.4) is 0 Å². The van der Waals surface area contributed by atoms with Gasteiger partial charge in [0.15, 0.2) is 0 Å². The van der Waals surface area contributed by atoms with Gasteiger partial charge in [-0.05, 0) is 28.5 Å². The summed E-state index contributed by atoms with van der Waals surface area (Å²) < 4.78 is 0. The fourth-order valence-corrected chi connectivity index (χ4v) is 1.67. The van der Waals surface area contributed by atoms with Crippen molar-refractivity contribution in [3.63, 3.8) is 0 Å². The number of nitrogen functional groups attached to an aromatic ring is 1. The van der Waals surface area contributed by atoms with Crippen LogP contribution in [0.25, 0.3) is 16.8 Å². The molecule has 0 aliphatic heterocycles. The van der Waals surface area contributed by atoms with E-state index in [1.807, 2.05) is 36.4 Å². The molecule has 0 atom stereocenters. The smallest absolute Gasteiger partial charge is 0.0326 e. The van der Waals surface area contributed by atoms with Crippen molar-refractivity contribution in [1.29, 1.82) is 0 Å². The van der Waals surface area contributed by atoms with Crippen LogP contribution >= 0.6 is 0 Å². The van der Waals surface area contributed by atoms with E-state index in [-0.39, 0.29) is 0 Å². The summed E-state index contributed by atoms with van der Waals surface area (Å²) in [6, 6.07) is 12.2. The molecular formula is C14H13N. The van der Waals surface area contributed by atoms with E-state index >= 15 is 0 Å². The van der Waals surface area contributed by atoms with Crippen molar-refractivity contribution in [3.05, 3.63) is 60.7 Å². The maximum absolute atomic E-state index is 5.84. The first-order chi connectivity index (χ1) is 7.31. The number of anilines is 1. The van der Waals surface area contributed by atoms with Crippen LogP contribution in [0.15, 0.2) is 55.1 Å². The first kappa shape index (κ1) is 9.53. The maximum Gasteiger partial charge on any atom is 0.0326 e. The highest BCUT2D eigenvalue weighted by Gasteiger charge is 1.98. The highest BCUT2D eigenvalue weighted by Crippen LogP contribution is 2.23. The molecule has 74 valence electrons. The number of hydrogen-bond acceptors (Lipinski definition) is 1. The minimum Gasteiger partial charge on any atom is -0.399 e. The van der Waals surface area contributed by atoms with Gasteiger partial charge in [0, 0.05) is 5.69 Å². The molecule has 0 unspecified atom stereocenters. The fraction of sp³-hybridized carbons (Fsp3) is 0. The summed E-state index contributed by atoms with van der Waals surface area (Å²) in [5.41, 5.74) is 7.76. The Labute approximate surface area is 89.5 Å². The van der Waals surface area contributed by atoms with E-state index in [4.69, 9.17) is 5.73 Å². The molecule has 1 nitrogen and oxygen atoms in total. The second-order valence-electron chi connectivity index (χ2n) is 3.43. The molecule has 1 heteroatoms. The second kappa shape index (κ2) is 4.01. The van der Waals surface area contributed by atoms with E-state index < -0.39 is 0 Å². The van der Waals surface area contributed by atoms with Crippen molar-refractivity contribution >= 4 is 22.5 Å². The van der Waals surface area contributed by atoms with Crippen LogP contribution in [0.2, 0.25) is 0 Å². The van der Waals surface area contributed by atoms with Crippen LogP contribution in [0.5, 0.6) is 0 Å². The molecule has 0 fully saturated rings. The number of fused-ring (bicyclic) bond motifs is 1. The molecule has 2 rings (SSSR count). The molecule has 0 heterocycles. The molecule has 0 aliphatic rings. The largest absolute Gasteiger partial charge is 0.399 e. The third-order valence-electron chi connectivity index (χ3n) is 2.33. The Morgan fingerprint density at radius 3 is 2.73 bits per heavy atom. The molecule has 2 N–H and O–H groups in total. The van der Waals surface area contributed by atoms with Gasteiger partial charge in [-0.15, -0.1) is 0 Å². The van der Waals surface area contributed by atoms with Crippen LogP contribution in [-0.2, 0) is 0 Å². The number of rotatable bonds is 2. The molecule has 0 amide bonds. The summed E-state index contributed by atoms with van der Waals surface area (Å²) >= 11 is 0. The van der Waals surface area contributed by atoms with Crippen molar-refractivity contribution in [2.24, 2.45) is 0 Å². The Hall–Kier alpha value is -2.02. The lowest BCUT2D eigenvalue weighted by molar-refractivity contribution is 1.69. The zero-order valence-corrected chi connectivity index (χ0v) is 8.48. The zero-order valence-electron chi connectivity index (χ0n) is 8.48. The van der Waals surface area contributed by atoms with Crippen LogP contribution in [-0.4, -0.2) is 0 Å². The molecule has 0 saturated heterocycles. The van der Waals surface area contributed by atoms with E-state index in [1.54, 1.807) is 6.08 Å². The number of allylic oxidation sites excluding steroid dienone is 2. The third-order valence-corrected chi connectivity index (χ3v) is 2.33. The SMILES string of the molecule is C=C/C=C\c1cc(N)cc2ccccc12. The van der Waals surface area contributed by atoms with Gasteiger partial charge in [0.2, 0.25) is 0 Å². The van der Waals surface area contributed by atoms with Gasteiger partial charge in [0.05, 0.1) is 0 Å². The van der Waals surface area contributed by atoms with Crippen molar-refractivity contribution in [2.75, 3.05) is 5.73 Å². The van der Waals surface area contributed by atoms with Gasteiger partial charge in [-0.2, -0.15) is 0 Å². The lowest BCUT2D eigenvalue weighted by Gasteiger charge is -2.03. The molecule has 0 bridgehead atoms. The van der Waals surface area contributed by atoms with E-state index in [9.17, 15) is 0 Å². The van der Waals surface area contributed by atoms with Gasteiger partial charge < -0.3 is 5.73 Å². The number of nitrogens with two attached hydrogens (primary N) is 1. The minimum atomic E-state index is 0.789. The molecular weight excluding hydrogens is 182 g/mol. The molecule has 0 spiro atoms. The second-order valence-corrected chi connectivity index (χ2v) is 3.43. The Balaban J connectivity index is 2.70. The van der Waals surface area contributed by atoms with Crippen molar-refractivity contribution in [3.8, 4) is 0 Å². The number of benzene rings is 2.